The number of H-pyrrole nitrogens is 1. The second-order valence-corrected chi connectivity index (χ2v) is 7.81. The number of benzene rings is 1. The van der Waals surface area contributed by atoms with E-state index in [4.69, 9.17) is 4.99 Å². The van der Waals surface area contributed by atoms with Gasteiger partial charge in [-0.25, -0.2) is 9.98 Å². The van der Waals surface area contributed by atoms with Gasteiger partial charge in [0.1, 0.15) is 6.33 Å². The maximum Gasteiger partial charge on any atom is 0.234 e. The third-order valence-corrected chi connectivity index (χ3v) is 5.34. The summed E-state index contributed by atoms with van der Waals surface area (Å²) in [6.07, 6.45) is 3.77. The standard InChI is InChI=1S/C21H30N8O/c1-2-22-21(23-13-16-4-3-5-17(12-16)20-24-15-25-27-20)29-10-8-28(9-11-29)14-19(30)26-18-6-7-18/h3-5,12,15,18H,2,6-11,13-14H2,1H3,(H,22,23)(H,26,30)(H,24,25,27). The minimum Gasteiger partial charge on any atom is -0.357 e. The van der Waals surface area contributed by atoms with Gasteiger partial charge in [0.25, 0.3) is 0 Å². The molecule has 3 N–H and O–H groups in total. The van der Waals surface area contributed by atoms with E-state index in [9.17, 15) is 4.79 Å². The molecule has 0 spiro atoms. The lowest BCUT2D eigenvalue weighted by molar-refractivity contribution is -0.122. The van der Waals surface area contributed by atoms with Crippen molar-refractivity contribution in [1.82, 2.24) is 35.6 Å². The molecule has 1 saturated heterocycles. The Bertz CT molecular complexity index is 854. The molecule has 160 valence electrons. The molecule has 2 heterocycles. The number of amides is 1. The molecular formula is C21H30N8O. The summed E-state index contributed by atoms with van der Waals surface area (Å²) in [5, 5.41) is 13.3. The molecule has 2 aromatic rings. The normalized spacial score (nSPS) is 17.8. The Morgan fingerprint density at radius 2 is 2.10 bits per heavy atom. The Labute approximate surface area is 177 Å². The summed E-state index contributed by atoms with van der Waals surface area (Å²) >= 11 is 0. The highest BCUT2D eigenvalue weighted by Crippen LogP contribution is 2.18. The number of nitrogens with one attached hydrogen (secondary N) is 3. The topological polar surface area (TPSA) is 102 Å². The van der Waals surface area contributed by atoms with Gasteiger partial charge in [-0.05, 0) is 31.4 Å². The van der Waals surface area contributed by atoms with Gasteiger partial charge in [-0.1, -0.05) is 18.2 Å². The van der Waals surface area contributed by atoms with E-state index in [-0.39, 0.29) is 5.91 Å². The molecule has 30 heavy (non-hydrogen) atoms. The zero-order valence-electron chi connectivity index (χ0n) is 17.5. The van der Waals surface area contributed by atoms with Crippen LogP contribution in [0.15, 0.2) is 35.6 Å². The number of aromatic amines is 1. The molecule has 4 rings (SSSR count). The Balaban J connectivity index is 1.33. The van der Waals surface area contributed by atoms with E-state index < -0.39 is 0 Å². The predicted octanol–water partition coefficient (Wildman–Crippen LogP) is 0.833. The molecule has 1 amide bonds. The molecule has 1 aliphatic carbocycles. The molecule has 0 radical (unpaired) electrons. The first kappa shape index (κ1) is 20.3. The van der Waals surface area contributed by atoms with Gasteiger partial charge in [-0.15, -0.1) is 0 Å². The van der Waals surface area contributed by atoms with Gasteiger partial charge in [-0.2, -0.15) is 5.10 Å². The summed E-state index contributed by atoms with van der Waals surface area (Å²) in [4.78, 5) is 25.6. The largest absolute Gasteiger partial charge is 0.357 e. The third kappa shape index (κ3) is 5.56. The van der Waals surface area contributed by atoms with Crippen molar-refractivity contribution in [2.24, 2.45) is 4.99 Å². The van der Waals surface area contributed by atoms with Crippen molar-refractivity contribution in [3.8, 4) is 11.4 Å². The molecule has 0 unspecified atom stereocenters. The fourth-order valence-corrected chi connectivity index (χ4v) is 3.58. The molecule has 9 heteroatoms. The van der Waals surface area contributed by atoms with Crippen molar-refractivity contribution >= 4 is 11.9 Å². The summed E-state index contributed by atoms with van der Waals surface area (Å²) in [6, 6.07) is 8.61. The van der Waals surface area contributed by atoms with Crippen molar-refractivity contribution in [2.75, 3.05) is 39.3 Å². The maximum absolute atomic E-state index is 12.0. The predicted molar refractivity (Wildman–Crippen MR) is 116 cm³/mol. The van der Waals surface area contributed by atoms with Crippen LogP contribution < -0.4 is 10.6 Å². The van der Waals surface area contributed by atoms with E-state index in [1.54, 1.807) is 0 Å². The molecular weight excluding hydrogens is 380 g/mol. The number of carbonyl (C=O) groups excluding carboxylic acids is 1. The first-order valence-corrected chi connectivity index (χ1v) is 10.7. The van der Waals surface area contributed by atoms with Crippen molar-refractivity contribution in [2.45, 2.75) is 32.4 Å². The third-order valence-electron chi connectivity index (χ3n) is 5.34. The second-order valence-electron chi connectivity index (χ2n) is 7.81. The summed E-state index contributed by atoms with van der Waals surface area (Å²) in [6.45, 7) is 7.44. The van der Waals surface area contributed by atoms with E-state index >= 15 is 0 Å². The van der Waals surface area contributed by atoms with Gasteiger partial charge in [0, 0.05) is 44.3 Å². The van der Waals surface area contributed by atoms with E-state index in [0.29, 0.717) is 19.1 Å². The van der Waals surface area contributed by atoms with Crippen LogP contribution in [0.4, 0.5) is 0 Å². The van der Waals surface area contributed by atoms with Crippen LogP contribution in [0, 0.1) is 0 Å². The van der Waals surface area contributed by atoms with Gasteiger partial charge in [-0.3, -0.25) is 14.8 Å². The van der Waals surface area contributed by atoms with Crippen LogP contribution in [-0.2, 0) is 11.3 Å². The van der Waals surface area contributed by atoms with Crippen LogP contribution in [0.2, 0.25) is 0 Å². The zero-order valence-corrected chi connectivity index (χ0v) is 17.5. The van der Waals surface area contributed by atoms with Crippen LogP contribution in [-0.4, -0.2) is 82.2 Å². The Morgan fingerprint density at radius 1 is 1.27 bits per heavy atom. The van der Waals surface area contributed by atoms with Crippen molar-refractivity contribution in [3.05, 3.63) is 36.2 Å². The van der Waals surface area contributed by atoms with Crippen LogP contribution in [0.25, 0.3) is 11.4 Å². The average Bonchev–Trinajstić information content (AvgIpc) is 3.39. The van der Waals surface area contributed by atoms with E-state index in [0.717, 1.165) is 68.5 Å². The van der Waals surface area contributed by atoms with Crippen molar-refractivity contribution in [3.63, 3.8) is 0 Å². The van der Waals surface area contributed by atoms with Crippen molar-refractivity contribution < 1.29 is 4.79 Å². The zero-order chi connectivity index (χ0) is 20.8. The molecule has 0 bridgehead atoms. The molecule has 1 saturated carbocycles. The highest BCUT2D eigenvalue weighted by atomic mass is 16.2. The summed E-state index contributed by atoms with van der Waals surface area (Å²) in [7, 11) is 0. The molecule has 0 atom stereocenters. The first-order valence-electron chi connectivity index (χ1n) is 10.7. The van der Waals surface area contributed by atoms with Gasteiger partial charge >= 0.3 is 0 Å². The number of piperazine rings is 1. The van der Waals surface area contributed by atoms with E-state index in [2.05, 4.69) is 54.7 Å². The molecule has 2 fully saturated rings. The Morgan fingerprint density at radius 3 is 2.80 bits per heavy atom. The minimum atomic E-state index is 0.151. The number of hydrogen-bond acceptors (Lipinski definition) is 5. The lowest BCUT2D eigenvalue weighted by Gasteiger charge is -2.36. The lowest BCUT2D eigenvalue weighted by Crippen LogP contribution is -2.54. The van der Waals surface area contributed by atoms with Crippen LogP contribution in [0.1, 0.15) is 25.3 Å². The van der Waals surface area contributed by atoms with Gasteiger partial charge < -0.3 is 15.5 Å². The highest BCUT2D eigenvalue weighted by Gasteiger charge is 2.25. The minimum absolute atomic E-state index is 0.151. The van der Waals surface area contributed by atoms with Crippen molar-refractivity contribution in [1.29, 1.82) is 0 Å². The van der Waals surface area contributed by atoms with E-state index in [1.165, 1.54) is 6.33 Å². The van der Waals surface area contributed by atoms with E-state index in [1.807, 2.05) is 12.1 Å². The number of guanidine groups is 1. The fraction of sp³-hybridized carbons (Fsp3) is 0.524. The molecule has 9 nitrogen and oxygen atoms in total. The first-order chi connectivity index (χ1) is 14.7. The number of rotatable bonds is 7. The molecule has 1 aromatic carbocycles. The lowest BCUT2D eigenvalue weighted by atomic mass is 10.1. The number of carbonyl (C=O) groups is 1. The molecule has 2 aliphatic rings. The van der Waals surface area contributed by atoms with Gasteiger partial charge in [0.15, 0.2) is 11.8 Å². The Kier molecular flexibility index (Phi) is 6.58. The fourth-order valence-electron chi connectivity index (χ4n) is 3.58. The number of aliphatic imine (C=N–C) groups is 1. The second kappa shape index (κ2) is 9.71. The van der Waals surface area contributed by atoms with Crippen LogP contribution in [0.5, 0.6) is 0 Å². The molecule has 1 aromatic heterocycles. The van der Waals surface area contributed by atoms with Gasteiger partial charge in [0.2, 0.25) is 5.91 Å². The average molecular weight is 411 g/mol. The Hall–Kier alpha value is -2.94. The SMILES string of the molecule is CCNC(=NCc1cccc(-c2ncn[nH]2)c1)N1CCN(CC(=O)NC2CC2)CC1. The number of aromatic nitrogens is 3. The number of hydrogen-bond donors (Lipinski definition) is 3. The highest BCUT2D eigenvalue weighted by molar-refractivity contribution is 5.80. The van der Waals surface area contributed by atoms with Crippen LogP contribution >= 0.6 is 0 Å². The quantitative estimate of drug-likeness (QED) is 0.462. The summed E-state index contributed by atoms with van der Waals surface area (Å²) < 4.78 is 0. The molecule has 1 aliphatic heterocycles. The summed E-state index contributed by atoms with van der Waals surface area (Å²) in [5.41, 5.74) is 2.12. The monoisotopic (exact) mass is 410 g/mol. The van der Waals surface area contributed by atoms with Gasteiger partial charge in [0.05, 0.1) is 13.1 Å². The smallest absolute Gasteiger partial charge is 0.234 e. The summed E-state index contributed by atoms with van der Waals surface area (Å²) in [5.74, 6) is 1.83. The van der Waals surface area contributed by atoms with Crippen LogP contribution in [0.3, 0.4) is 0 Å². The maximum atomic E-state index is 12.0. The number of nitrogens with zero attached hydrogens (tertiary/aromatic N) is 5.